The summed E-state index contributed by atoms with van der Waals surface area (Å²) in [6.07, 6.45) is 3.72. The molecular weight excluding hydrogens is 306 g/mol. The fraction of sp³-hybridized carbons (Fsp3) is 0.556. The number of carbonyl (C=O) groups excluding carboxylic acids is 2. The van der Waals surface area contributed by atoms with Crippen molar-refractivity contribution in [2.45, 2.75) is 38.7 Å². The van der Waals surface area contributed by atoms with Crippen LogP contribution in [0.25, 0.3) is 0 Å². The second-order valence-corrected chi connectivity index (χ2v) is 6.75. The third kappa shape index (κ3) is 3.38. The van der Waals surface area contributed by atoms with E-state index in [0.29, 0.717) is 18.0 Å². The highest BCUT2D eigenvalue weighted by atomic mass is 16.5. The van der Waals surface area contributed by atoms with Crippen molar-refractivity contribution < 1.29 is 14.3 Å². The van der Waals surface area contributed by atoms with Gasteiger partial charge >= 0.3 is 0 Å². The quantitative estimate of drug-likeness (QED) is 0.824. The Balaban J connectivity index is 1.60. The van der Waals surface area contributed by atoms with E-state index >= 15 is 0 Å². The number of hydrogen-bond donors (Lipinski definition) is 2. The lowest BCUT2D eigenvalue weighted by Gasteiger charge is -2.34. The van der Waals surface area contributed by atoms with Gasteiger partial charge in [-0.1, -0.05) is 12.5 Å². The Bertz CT molecular complexity index is 640. The first kappa shape index (κ1) is 16.8. The average molecular weight is 331 g/mol. The first-order valence-electron chi connectivity index (χ1n) is 8.61. The third-order valence-corrected chi connectivity index (χ3v) is 4.73. The fourth-order valence-electron chi connectivity index (χ4n) is 3.17. The second-order valence-electron chi connectivity index (χ2n) is 6.75. The molecule has 1 saturated heterocycles. The summed E-state index contributed by atoms with van der Waals surface area (Å²) in [7, 11) is 0. The van der Waals surface area contributed by atoms with Crippen LogP contribution >= 0.6 is 0 Å². The lowest BCUT2D eigenvalue weighted by molar-refractivity contribution is -0.146. The number of amides is 2. The minimum atomic E-state index is -1.54. The molecule has 0 saturated carbocycles. The molecule has 0 spiro atoms. The van der Waals surface area contributed by atoms with Gasteiger partial charge in [0.1, 0.15) is 5.75 Å². The molecule has 0 bridgehead atoms. The van der Waals surface area contributed by atoms with Crippen molar-refractivity contribution in [2.75, 3.05) is 31.5 Å². The first-order chi connectivity index (χ1) is 11.5. The molecule has 2 amide bonds. The zero-order valence-electron chi connectivity index (χ0n) is 14.4. The molecule has 1 atom stereocenters. The topological polar surface area (TPSA) is 70.7 Å². The van der Waals surface area contributed by atoms with Crippen molar-refractivity contribution in [2.24, 2.45) is 0 Å². The number of anilines is 1. The maximum atomic E-state index is 12.5. The highest BCUT2D eigenvalue weighted by Crippen LogP contribution is 2.34. The number of likely N-dealkylation sites (tertiary alicyclic amines) is 1. The van der Waals surface area contributed by atoms with Gasteiger partial charge in [0.2, 0.25) is 0 Å². The van der Waals surface area contributed by atoms with Crippen LogP contribution in [0.15, 0.2) is 18.2 Å². The number of hydrogen-bond acceptors (Lipinski definition) is 4. The zero-order valence-corrected chi connectivity index (χ0v) is 14.4. The minimum absolute atomic E-state index is 0.400. The van der Waals surface area contributed by atoms with Gasteiger partial charge in [-0.2, -0.15) is 0 Å². The van der Waals surface area contributed by atoms with E-state index in [4.69, 9.17) is 4.74 Å². The molecule has 1 unspecified atom stereocenters. The highest BCUT2D eigenvalue weighted by Gasteiger charge is 2.47. The van der Waals surface area contributed by atoms with Crippen LogP contribution < -0.4 is 15.4 Å². The van der Waals surface area contributed by atoms with Crippen LogP contribution in [-0.4, -0.2) is 48.5 Å². The number of benzene rings is 1. The number of nitrogens with zero attached hydrogens (tertiary/aromatic N) is 1. The Kier molecular flexibility index (Phi) is 4.76. The van der Waals surface area contributed by atoms with Crippen LogP contribution in [0.4, 0.5) is 5.69 Å². The van der Waals surface area contributed by atoms with E-state index in [9.17, 15) is 9.59 Å². The number of aryl methyl sites for hydroxylation is 1. The molecule has 2 aliphatic rings. The molecule has 1 fully saturated rings. The molecule has 2 heterocycles. The fourth-order valence-corrected chi connectivity index (χ4v) is 3.17. The van der Waals surface area contributed by atoms with Crippen molar-refractivity contribution in [3.8, 4) is 5.75 Å². The molecule has 0 aliphatic carbocycles. The number of rotatable bonds is 4. The predicted octanol–water partition coefficient (Wildman–Crippen LogP) is 1.69. The minimum Gasteiger partial charge on any atom is -0.466 e. The molecule has 1 aromatic rings. The van der Waals surface area contributed by atoms with Gasteiger partial charge in [-0.25, -0.2) is 0 Å². The van der Waals surface area contributed by atoms with Crippen LogP contribution in [0.5, 0.6) is 5.75 Å². The van der Waals surface area contributed by atoms with Gasteiger partial charge in [-0.3, -0.25) is 9.59 Å². The standard InChI is InChI=1S/C18H25N3O3/c1-13-6-7-15-14(12-13)20-17(23)18(2,24-15)16(22)19-8-11-21-9-4-3-5-10-21/h6-7,12H,3-5,8-11H2,1-2H3,(H,19,22)(H,20,23). The van der Waals surface area contributed by atoms with Crippen LogP contribution in [0.1, 0.15) is 31.7 Å². The van der Waals surface area contributed by atoms with E-state index in [1.54, 1.807) is 6.07 Å². The molecule has 2 N–H and O–H groups in total. The van der Waals surface area contributed by atoms with Gasteiger partial charge in [-0.15, -0.1) is 0 Å². The number of ether oxygens (including phenoxy) is 1. The Hall–Kier alpha value is -2.08. The van der Waals surface area contributed by atoms with Crippen molar-refractivity contribution in [3.63, 3.8) is 0 Å². The van der Waals surface area contributed by atoms with Crippen molar-refractivity contribution in [1.29, 1.82) is 0 Å². The predicted molar refractivity (Wildman–Crippen MR) is 92.1 cm³/mol. The molecule has 0 radical (unpaired) electrons. The lowest BCUT2D eigenvalue weighted by Crippen LogP contribution is -2.59. The summed E-state index contributed by atoms with van der Waals surface area (Å²) in [5, 5.41) is 5.62. The summed E-state index contributed by atoms with van der Waals surface area (Å²) in [6.45, 7) is 6.94. The van der Waals surface area contributed by atoms with Gasteiger partial charge in [0, 0.05) is 13.1 Å². The van der Waals surface area contributed by atoms with E-state index in [1.807, 2.05) is 19.1 Å². The summed E-state index contributed by atoms with van der Waals surface area (Å²) >= 11 is 0. The summed E-state index contributed by atoms with van der Waals surface area (Å²) < 4.78 is 5.75. The van der Waals surface area contributed by atoms with E-state index < -0.39 is 17.4 Å². The van der Waals surface area contributed by atoms with E-state index in [1.165, 1.54) is 26.2 Å². The molecule has 0 aromatic heterocycles. The maximum absolute atomic E-state index is 12.5. The second kappa shape index (κ2) is 6.81. The molecule has 130 valence electrons. The normalized spacial score (nSPS) is 23.8. The van der Waals surface area contributed by atoms with Crippen molar-refractivity contribution >= 4 is 17.5 Å². The Morgan fingerprint density at radius 1 is 1.33 bits per heavy atom. The monoisotopic (exact) mass is 331 g/mol. The first-order valence-corrected chi connectivity index (χ1v) is 8.61. The number of carbonyl (C=O) groups is 2. The van der Waals surface area contributed by atoms with Crippen molar-refractivity contribution in [1.82, 2.24) is 10.2 Å². The largest absolute Gasteiger partial charge is 0.466 e. The van der Waals surface area contributed by atoms with Gasteiger partial charge in [0.25, 0.3) is 17.4 Å². The molecule has 6 heteroatoms. The van der Waals surface area contributed by atoms with Gasteiger partial charge < -0.3 is 20.3 Å². The van der Waals surface area contributed by atoms with Crippen LogP contribution in [0, 0.1) is 6.92 Å². The smallest absolute Gasteiger partial charge is 0.278 e. The van der Waals surface area contributed by atoms with Crippen molar-refractivity contribution in [3.05, 3.63) is 23.8 Å². The number of nitrogens with one attached hydrogen (secondary N) is 2. The van der Waals surface area contributed by atoms with E-state index in [2.05, 4.69) is 15.5 Å². The van der Waals surface area contributed by atoms with Crippen LogP contribution in [0.2, 0.25) is 0 Å². The molecule has 1 aromatic carbocycles. The van der Waals surface area contributed by atoms with Gasteiger partial charge in [0.15, 0.2) is 0 Å². The van der Waals surface area contributed by atoms with Crippen LogP contribution in [-0.2, 0) is 9.59 Å². The number of fused-ring (bicyclic) bond motifs is 1. The summed E-state index contributed by atoms with van der Waals surface area (Å²) in [5.74, 6) is -0.312. The van der Waals surface area contributed by atoms with E-state index in [-0.39, 0.29) is 0 Å². The van der Waals surface area contributed by atoms with E-state index in [0.717, 1.165) is 25.2 Å². The average Bonchev–Trinajstić information content (AvgIpc) is 2.57. The molecular formula is C18H25N3O3. The molecule has 6 nitrogen and oxygen atoms in total. The highest BCUT2D eigenvalue weighted by molar-refractivity contribution is 6.15. The Morgan fingerprint density at radius 3 is 2.83 bits per heavy atom. The van der Waals surface area contributed by atoms with Gasteiger partial charge in [0.05, 0.1) is 5.69 Å². The molecule has 24 heavy (non-hydrogen) atoms. The maximum Gasteiger partial charge on any atom is 0.278 e. The summed E-state index contributed by atoms with van der Waals surface area (Å²) in [4.78, 5) is 27.3. The molecule has 2 aliphatic heterocycles. The molecule has 3 rings (SSSR count). The summed E-state index contributed by atoms with van der Waals surface area (Å²) in [5.41, 5.74) is 0.0929. The number of piperidine rings is 1. The Morgan fingerprint density at radius 2 is 2.08 bits per heavy atom. The lowest BCUT2D eigenvalue weighted by atomic mass is 10.0. The summed E-state index contributed by atoms with van der Waals surface area (Å²) in [6, 6.07) is 5.51. The zero-order chi connectivity index (χ0) is 17.2. The SMILES string of the molecule is Cc1ccc2c(c1)NC(=O)C(C)(C(=O)NCCN1CCCCC1)O2. The Labute approximate surface area is 142 Å². The van der Waals surface area contributed by atoms with Crippen LogP contribution in [0.3, 0.4) is 0 Å². The third-order valence-electron chi connectivity index (χ3n) is 4.73. The van der Waals surface area contributed by atoms with Gasteiger partial charge in [-0.05, 0) is 57.5 Å².